The van der Waals surface area contributed by atoms with Gasteiger partial charge in [0.05, 0.1) is 17.1 Å². The van der Waals surface area contributed by atoms with E-state index in [0.717, 1.165) is 12.1 Å². The van der Waals surface area contributed by atoms with Gasteiger partial charge in [-0.25, -0.2) is 0 Å². The third-order valence-electron chi connectivity index (χ3n) is 3.08. The molecule has 5 nitrogen and oxygen atoms in total. The molecule has 1 atom stereocenters. The van der Waals surface area contributed by atoms with Crippen LogP contribution in [0.4, 0.5) is 0 Å². The number of hydrogen-bond acceptors (Lipinski definition) is 4. The fraction of sp³-hybridized carbons (Fsp3) is 0.308. The summed E-state index contributed by atoms with van der Waals surface area (Å²) in [6.45, 7) is 0.596. The number of carbonyl (C=O) groups is 1. The van der Waals surface area contributed by atoms with Crippen LogP contribution < -0.4 is 5.32 Å². The normalized spacial score (nSPS) is 17.2. The van der Waals surface area contributed by atoms with Gasteiger partial charge in [-0.2, -0.15) is 15.4 Å². The van der Waals surface area contributed by atoms with E-state index in [2.05, 4.69) is 32.9 Å². The van der Waals surface area contributed by atoms with Crippen molar-refractivity contribution in [3.8, 4) is 0 Å². The molecule has 0 aliphatic carbocycles. The number of hydrogen-bond donors (Lipinski definition) is 2. The molecule has 0 bridgehead atoms. The minimum Gasteiger partial charge on any atom is -0.355 e. The fourth-order valence-electron chi connectivity index (χ4n) is 2.10. The second-order valence-electron chi connectivity index (χ2n) is 4.42. The Morgan fingerprint density at radius 3 is 3.16 bits per heavy atom. The summed E-state index contributed by atoms with van der Waals surface area (Å²) in [4.78, 5) is 13.3. The lowest BCUT2D eigenvalue weighted by Gasteiger charge is -2.08. The van der Waals surface area contributed by atoms with E-state index in [1.54, 1.807) is 18.0 Å². The van der Waals surface area contributed by atoms with Crippen LogP contribution in [0.2, 0.25) is 0 Å². The van der Waals surface area contributed by atoms with E-state index in [9.17, 15) is 4.79 Å². The van der Waals surface area contributed by atoms with Crippen LogP contribution in [0.15, 0.2) is 35.4 Å². The Bertz CT molecular complexity index is 545. The maximum Gasteiger partial charge on any atom is 0.233 e. The summed E-state index contributed by atoms with van der Waals surface area (Å²) in [5, 5.41) is 13.2. The zero-order valence-electron chi connectivity index (χ0n) is 10.3. The van der Waals surface area contributed by atoms with Crippen LogP contribution in [-0.2, 0) is 17.6 Å². The smallest absolute Gasteiger partial charge is 0.233 e. The maximum atomic E-state index is 12.1. The highest BCUT2D eigenvalue weighted by Crippen LogP contribution is 2.36. The average Bonchev–Trinajstić information content (AvgIpc) is 3.07. The van der Waals surface area contributed by atoms with Crippen molar-refractivity contribution in [3.05, 3.63) is 41.7 Å². The molecule has 3 rings (SSSR count). The van der Waals surface area contributed by atoms with E-state index >= 15 is 0 Å². The van der Waals surface area contributed by atoms with Gasteiger partial charge in [-0.05, 0) is 18.1 Å². The molecule has 1 amide bonds. The van der Waals surface area contributed by atoms with E-state index in [4.69, 9.17) is 0 Å². The van der Waals surface area contributed by atoms with Crippen LogP contribution in [0.1, 0.15) is 11.3 Å². The molecule has 0 unspecified atom stereocenters. The van der Waals surface area contributed by atoms with Crippen LogP contribution >= 0.6 is 11.8 Å². The number of amides is 1. The number of nitrogens with one attached hydrogen (secondary N) is 2. The fourth-order valence-corrected chi connectivity index (χ4v) is 3.32. The van der Waals surface area contributed by atoms with Crippen LogP contribution in [-0.4, -0.2) is 33.1 Å². The van der Waals surface area contributed by atoms with Crippen molar-refractivity contribution in [2.75, 3.05) is 6.54 Å². The molecule has 2 N–H and O–H groups in total. The maximum absolute atomic E-state index is 12.1. The lowest BCUT2D eigenvalue weighted by atomic mass is 10.1. The van der Waals surface area contributed by atoms with Gasteiger partial charge in [0.15, 0.2) is 0 Å². The van der Waals surface area contributed by atoms with Gasteiger partial charge in [0, 0.05) is 17.9 Å². The van der Waals surface area contributed by atoms with Crippen LogP contribution in [0, 0.1) is 0 Å². The van der Waals surface area contributed by atoms with Crippen molar-refractivity contribution in [1.29, 1.82) is 0 Å². The molecule has 1 aromatic heterocycles. The highest BCUT2D eigenvalue weighted by molar-refractivity contribution is 8.01. The molecule has 1 aromatic carbocycles. The summed E-state index contributed by atoms with van der Waals surface area (Å²) in [6.07, 6.45) is 3.19. The number of H-pyrrole nitrogens is 1. The van der Waals surface area contributed by atoms with Gasteiger partial charge in [0.1, 0.15) is 0 Å². The molecule has 0 saturated carbocycles. The number of aromatic amines is 1. The van der Waals surface area contributed by atoms with Crippen LogP contribution in [0.3, 0.4) is 0 Å². The van der Waals surface area contributed by atoms with E-state index in [-0.39, 0.29) is 11.2 Å². The lowest BCUT2D eigenvalue weighted by molar-refractivity contribution is -0.120. The minimum atomic E-state index is -0.00490. The molecule has 19 heavy (non-hydrogen) atoms. The van der Waals surface area contributed by atoms with Crippen molar-refractivity contribution >= 4 is 17.7 Å². The van der Waals surface area contributed by atoms with Gasteiger partial charge < -0.3 is 5.32 Å². The topological polar surface area (TPSA) is 70.7 Å². The van der Waals surface area contributed by atoms with Gasteiger partial charge in [0.25, 0.3) is 0 Å². The van der Waals surface area contributed by atoms with Crippen LogP contribution in [0.5, 0.6) is 0 Å². The Hall–Kier alpha value is -1.82. The molecular formula is C13H14N4OS. The predicted molar refractivity (Wildman–Crippen MR) is 72.9 cm³/mol. The van der Waals surface area contributed by atoms with Crippen molar-refractivity contribution in [3.63, 3.8) is 0 Å². The molecule has 6 heteroatoms. The Labute approximate surface area is 115 Å². The standard InChI is InChI=1S/C13H14N4OS/c18-13(14-6-5-10-8-15-17-16-10)12-7-9-3-1-2-4-11(9)19-12/h1-4,8,12H,5-7H2,(H,14,18)(H,15,16,17)/t12-/m0/s1. The van der Waals surface area contributed by atoms with Gasteiger partial charge in [-0.3, -0.25) is 4.79 Å². The van der Waals surface area contributed by atoms with Crippen LogP contribution in [0.25, 0.3) is 0 Å². The highest BCUT2D eigenvalue weighted by Gasteiger charge is 2.27. The largest absolute Gasteiger partial charge is 0.355 e. The number of nitrogens with zero attached hydrogens (tertiary/aromatic N) is 2. The summed E-state index contributed by atoms with van der Waals surface area (Å²) < 4.78 is 0. The summed E-state index contributed by atoms with van der Waals surface area (Å²) in [7, 11) is 0. The van der Waals surface area contributed by atoms with Gasteiger partial charge in [-0.15, -0.1) is 11.8 Å². The van der Waals surface area contributed by atoms with Gasteiger partial charge >= 0.3 is 0 Å². The summed E-state index contributed by atoms with van der Waals surface area (Å²) in [6, 6.07) is 8.19. The zero-order valence-corrected chi connectivity index (χ0v) is 11.1. The first-order valence-corrected chi connectivity index (χ1v) is 7.08. The molecule has 1 aliphatic heterocycles. The quantitative estimate of drug-likeness (QED) is 0.878. The number of thioether (sulfide) groups is 1. The number of benzene rings is 1. The van der Waals surface area contributed by atoms with Crippen molar-refractivity contribution < 1.29 is 4.79 Å². The molecule has 0 fully saturated rings. The Morgan fingerprint density at radius 2 is 2.37 bits per heavy atom. The third-order valence-corrected chi connectivity index (χ3v) is 4.40. The number of aromatic nitrogens is 3. The molecule has 1 aliphatic rings. The summed E-state index contributed by atoms with van der Waals surface area (Å²) >= 11 is 1.65. The molecule has 2 heterocycles. The first-order chi connectivity index (χ1) is 9.33. The minimum absolute atomic E-state index is 0.00490. The van der Waals surface area contributed by atoms with E-state index in [1.165, 1.54) is 10.5 Å². The second kappa shape index (κ2) is 5.44. The number of rotatable bonds is 4. The van der Waals surface area contributed by atoms with Gasteiger partial charge in [-0.1, -0.05) is 18.2 Å². The number of fused-ring (bicyclic) bond motifs is 1. The molecule has 0 saturated heterocycles. The Morgan fingerprint density at radius 1 is 1.47 bits per heavy atom. The van der Waals surface area contributed by atoms with Crippen molar-refractivity contribution in [2.45, 2.75) is 23.0 Å². The third kappa shape index (κ3) is 2.78. The zero-order chi connectivity index (χ0) is 13.1. The van der Waals surface area contributed by atoms with Crippen molar-refractivity contribution in [2.24, 2.45) is 0 Å². The summed E-state index contributed by atoms with van der Waals surface area (Å²) in [5.74, 6) is 0.102. The first kappa shape index (κ1) is 12.2. The molecular weight excluding hydrogens is 260 g/mol. The number of carbonyl (C=O) groups excluding carboxylic acids is 1. The average molecular weight is 274 g/mol. The van der Waals surface area contributed by atoms with E-state index in [1.807, 2.05) is 12.1 Å². The SMILES string of the molecule is O=C(NCCc1cn[nH]n1)[C@@H]1Cc2ccccc2S1. The molecule has 0 radical (unpaired) electrons. The monoisotopic (exact) mass is 274 g/mol. The summed E-state index contributed by atoms with van der Waals surface area (Å²) in [5.41, 5.74) is 2.13. The van der Waals surface area contributed by atoms with Crippen molar-refractivity contribution in [1.82, 2.24) is 20.7 Å². The van der Waals surface area contributed by atoms with Gasteiger partial charge in [0.2, 0.25) is 5.91 Å². The highest BCUT2D eigenvalue weighted by atomic mass is 32.2. The Kier molecular flexibility index (Phi) is 3.50. The molecule has 2 aromatic rings. The van der Waals surface area contributed by atoms with E-state index < -0.39 is 0 Å². The first-order valence-electron chi connectivity index (χ1n) is 6.20. The predicted octanol–water partition coefficient (Wildman–Crippen LogP) is 1.18. The second-order valence-corrected chi connectivity index (χ2v) is 5.67. The molecule has 98 valence electrons. The molecule has 0 spiro atoms. The lowest BCUT2D eigenvalue weighted by Crippen LogP contribution is -2.33. The van der Waals surface area contributed by atoms with E-state index in [0.29, 0.717) is 13.0 Å². The Balaban J connectivity index is 1.50.